The van der Waals surface area contributed by atoms with E-state index in [-0.39, 0.29) is 0 Å². The number of rotatable bonds is 3. The topological polar surface area (TPSA) is 31.2 Å². The fraction of sp³-hybridized carbons (Fsp3) is 0.333. The largest absolute Gasteiger partial charge is 0.368 e. The van der Waals surface area contributed by atoms with E-state index in [4.69, 9.17) is 0 Å². The summed E-state index contributed by atoms with van der Waals surface area (Å²) in [6, 6.07) is 14.4. The van der Waals surface area contributed by atoms with Gasteiger partial charge in [-0.1, -0.05) is 33.3 Å². The minimum Gasteiger partial charge on any atom is -0.368 e. The van der Waals surface area contributed by atoms with Gasteiger partial charge in [-0.2, -0.15) is 0 Å². The van der Waals surface area contributed by atoms with Gasteiger partial charge in [0.1, 0.15) is 0 Å². The Kier molecular flexibility index (Phi) is 4.96. The van der Waals surface area contributed by atoms with Crippen LogP contribution in [0.1, 0.15) is 11.1 Å². The molecule has 2 aromatic rings. The van der Waals surface area contributed by atoms with Crippen LogP contribution in [0.5, 0.6) is 0 Å². The molecule has 0 radical (unpaired) electrons. The van der Waals surface area contributed by atoms with Crippen LogP contribution in [0.2, 0.25) is 0 Å². The number of piperazine rings is 1. The summed E-state index contributed by atoms with van der Waals surface area (Å²) in [5, 5.41) is 10.7. The number of aryl methyl sites for hydroxylation is 1. The minimum atomic E-state index is 0.880. The quantitative estimate of drug-likeness (QED) is 0.718. The van der Waals surface area contributed by atoms with E-state index in [1.54, 1.807) is 0 Å². The summed E-state index contributed by atoms with van der Waals surface area (Å²) < 4.78 is 1.05. The molecule has 120 valence electrons. The van der Waals surface area contributed by atoms with Crippen LogP contribution >= 0.6 is 15.9 Å². The van der Waals surface area contributed by atoms with Gasteiger partial charge in [-0.15, -0.1) is 5.11 Å². The van der Waals surface area contributed by atoms with Gasteiger partial charge in [-0.05, 0) is 55.3 Å². The standard InChI is InChI=1S/C18H21BrN4/c1-14-4-3-5-18(15(14)2)22-10-12-23(13-11-22)21-20-17-8-6-16(19)7-9-17/h3-9H,10-13H2,1-2H3. The molecule has 3 rings (SSSR count). The number of benzene rings is 2. The molecule has 1 aliphatic heterocycles. The molecule has 1 aliphatic rings. The zero-order valence-corrected chi connectivity index (χ0v) is 15.1. The van der Waals surface area contributed by atoms with E-state index < -0.39 is 0 Å². The van der Waals surface area contributed by atoms with Gasteiger partial charge < -0.3 is 4.90 Å². The third kappa shape index (κ3) is 3.91. The van der Waals surface area contributed by atoms with E-state index in [0.717, 1.165) is 36.3 Å². The molecule has 0 aliphatic carbocycles. The van der Waals surface area contributed by atoms with Crippen LogP contribution in [0.15, 0.2) is 57.3 Å². The van der Waals surface area contributed by atoms with Crippen LogP contribution in [-0.2, 0) is 0 Å². The Bertz CT molecular complexity index is 689. The van der Waals surface area contributed by atoms with Crippen LogP contribution in [0.3, 0.4) is 0 Å². The highest BCUT2D eigenvalue weighted by Crippen LogP contribution is 2.24. The lowest BCUT2D eigenvalue weighted by Gasteiger charge is -2.35. The Labute approximate surface area is 145 Å². The van der Waals surface area contributed by atoms with E-state index >= 15 is 0 Å². The predicted octanol–water partition coefficient (Wildman–Crippen LogP) is 4.89. The SMILES string of the molecule is Cc1cccc(N2CCN(N=Nc3ccc(Br)cc3)CC2)c1C. The van der Waals surface area contributed by atoms with Crippen molar-refractivity contribution in [2.45, 2.75) is 13.8 Å². The first kappa shape index (κ1) is 16.0. The lowest BCUT2D eigenvalue weighted by molar-refractivity contribution is 0.254. The molecule has 0 bridgehead atoms. The molecule has 0 atom stereocenters. The molecule has 5 heteroatoms. The van der Waals surface area contributed by atoms with Crippen molar-refractivity contribution in [3.63, 3.8) is 0 Å². The molecule has 2 aromatic carbocycles. The fourth-order valence-electron chi connectivity index (χ4n) is 2.73. The zero-order chi connectivity index (χ0) is 16.2. The maximum absolute atomic E-state index is 4.37. The molecule has 0 amide bonds. The average molecular weight is 373 g/mol. The van der Waals surface area contributed by atoms with Crippen molar-refractivity contribution in [3.8, 4) is 0 Å². The molecule has 4 nitrogen and oxygen atoms in total. The molecule has 1 heterocycles. The second kappa shape index (κ2) is 7.13. The maximum Gasteiger partial charge on any atom is 0.0875 e. The monoisotopic (exact) mass is 372 g/mol. The number of hydrogen-bond donors (Lipinski definition) is 0. The summed E-state index contributed by atoms with van der Waals surface area (Å²) in [6.45, 7) is 8.11. The van der Waals surface area contributed by atoms with Crippen LogP contribution in [0.25, 0.3) is 0 Å². The van der Waals surface area contributed by atoms with Crippen molar-refractivity contribution < 1.29 is 0 Å². The highest BCUT2D eigenvalue weighted by molar-refractivity contribution is 9.10. The summed E-state index contributed by atoms with van der Waals surface area (Å²) >= 11 is 3.42. The molecule has 1 fully saturated rings. The highest BCUT2D eigenvalue weighted by Gasteiger charge is 2.17. The number of hydrogen-bond acceptors (Lipinski definition) is 3. The van der Waals surface area contributed by atoms with Crippen molar-refractivity contribution in [3.05, 3.63) is 58.1 Å². The summed E-state index contributed by atoms with van der Waals surface area (Å²) in [6.07, 6.45) is 0. The first-order chi connectivity index (χ1) is 11.1. The van der Waals surface area contributed by atoms with Gasteiger partial charge in [0.2, 0.25) is 0 Å². The normalized spacial score (nSPS) is 15.4. The third-order valence-electron chi connectivity index (χ3n) is 4.29. The number of anilines is 1. The lowest BCUT2D eigenvalue weighted by atomic mass is 10.1. The minimum absolute atomic E-state index is 0.880. The average Bonchev–Trinajstić information content (AvgIpc) is 2.57. The van der Waals surface area contributed by atoms with Crippen molar-refractivity contribution in [1.82, 2.24) is 5.01 Å². The van der Waals surface area contributed by atoms with Gasteiger partial charge in [-0.25, -0.2) is 0 Å². The van der Waals surface area contributed by atoms with Gasteiger partial charge in [0, 0.05) is 23.2 Å². The number of nitrogens with zero attached hydrogens (tertiary/aromatic N) is 4. The van der Waals surface area contributed by atoms with Crippen LogP contribution in [0, 0.1) is 13.8 Å². The Balaban J connectivity index is 1.60. The van der Waals surface area contributed by atoms with Crippen LogP contribution in [0.4, 0.5) is 11.4 Å². The van der Waals surface area contributed by atoms with E-state index in [9.17, 15) is 0 Å². The Morgan fingerprint density at radius 2 is 1.61 bits per heavy atom. The van der Waals surface area contributed by atoms with Crippen LogP contribution < -0.4 is 4.90 Å². The van der Waals surface area contributed by atoms with Gasteiger partial charge in [-0.3, -0.25) is 5.01 Å². The second-order valence-electron chi connectivity index (χ2n) is 5.83. The van der Waals surface area contributed by atoms with Gasteiger partial charge in [0.05, 0.1) is 18.8 Å². The molecule has 0 aromatic heterocycles. The fourth-order valence-corrected chi connectivity index (χ4v) is 2.99. The maximum atomic E-state index is 4.37. The molecule has 0 spiro atoms. The first-order valence-corrected chi connectivity index (χ1v) is 8.66. The van der Waals surface area contributed by atoms with Crippen molar-refractivity contribution >= 4 is 27.3 Å². The lowest BCUT2D eigenvalue weighted by Crippen LogP contribution is -2.44. The van der Waals surface area contributed by atoms with Gasteiger partial charge in [0.25, 0.3) is 0 Å². The molecule has 0 N–H and O–H groups in total. The second-order valence-corrected chi connectivity index (χ2v) is 6.74. The predicted molar refractivity (Wildman–Crippen MR) is 98.4 cm³/mol. The van der Waals surface area contributed by atoms with E-state index in [1.807, 2.05) is 29.3 Å². The zero-order valence-electron chi connectivity index (χ0n) is 13.5. The van der Waals surface area contributed by atoms with E-state index in [2.05, 4.69) is 63.2 Å². The molecular formula is C18H21BrN4. The van der Waals surface area contributed by atoms with Crippen molar-refractivity contribution in [2.75, 3.05) is 31.1 Å². The van der Waals surface area contributed by atoms with Gasteiger partial charge >= 0.3 is 0 Å². The van der Waals surface area contributed by atoms with Crippen LogP contribution in [-0.4, -0.2) is 31.2 Å². The molecule has 0 unspecified atom stereocenters. The Morgan fingerprint density at radius 1 is 0.913 bits per heavy atom. The number of halogens is 1. The summed E-state index contributed by atoms with van der Waals surface area (Å²) in [4.78, 5) is 2.44. The summed E-state index contributed by atoms with van der Waals surface area (Å²) in [5.74, 6) is 0. The Morgan fingerprint density at radius 3 is 2.30 bits per heavy atom. The smallest absolute Gasteiger partial charge is 0.0875 e. The Hall–Kier alpha value is -1.88. The third-order valence-corrected chi connectivity index (χ3v) is 4.81. The molecule has 0 saturated carbocycles. The van der Waals surface area contributed by atoms with Gasteiger partial charge in [0.15, 0.2) is 0 Å². The highest BCUT2D eigenvalue weighted by atomic mass is 79.9. The molecular weight excluding hydrogens is 352 g/mol. The van der Waals surface area contributed by atoms with Crippen molar-refractivity contribution in [2.24, 2.45) is 10.3 Å². The molecule has 23 heavy (non-hydrogen) atoms. The van der Waals surface area contributed by atoms with E-state index in [1.165, 1.54) is 16.8 Å². The summed E-state index contributed by atoms with van der Waals surface area (Å²) in [5.41, 5.74) is 4.94. The first-order valence-electron chi connectivity index (χ1n) is 7.87. The molecule has 1 saturated heterocycles. The van der Waals surface area contributed by atoms with Crippen molar-refractivity contribution in [1.29, 1.82) is 0 Å². The summed E-state index contributed by atoms with van der Waals surface area (Å²) in [7, 11) is 0. The van der Waals surface area contributed by atoms with E-state index in [0.29, 0.717) is 0 Å².